The van der Waals surface area contributed by atoms with Crippen molar-refractivity contribution < 1.29 is 46.2 Å². The summed E-state index contributed by atoms with van der Waals surface area (Å²) in [6, 6.07) is 5.43. The number of ether oxygens (including phenoxy) is 3. The number of aromatic nitrogens is 1. The van der Waals surface area contributed by atoms with Gasteiger partial charge in [0.25, 0.3) is 5.91 Å². The molecule has 3 aromatic rings. The third-order valence-corrected chi connectivity index (χ3v) is 13.7. The number of sulfonamides is 1. The zero-order chi connectivity index (χ0) is 41.9. The molecule has 0 spiro atoms. The third-order valence-electron chi connectivity index (χ3n) is 11.9. The zero-order valence-electron chi connectivity index (χ0n) is 34.2. The number of carbonyl (C=O) groups is 4. The topological polar surface area (TPSA) is 195 Å². The van der Waals surface area contributed by atoms with Crippen molar-refractivity contribution >= 4 is 61.8 Å². The van der Waals surface area contributed by atoms with Gasteiger partial charge in [-0.05, 0) is 71.4 Å². The fraction of sp³-hybridized carbons (Fsp3) is 0.558. The van der Waals surface area contributed by atoms with Crippen LogP contribution in [0.5, 0.6) is 5.88 Å². The summed E-state index contributed by atoms with van der Waals surface area (Å²) in [7, 11) is -2.28. The van der Waals surface area contributed by atoms with Gasteiger partial charge in [0.15, 0.2) is 5.58 Å². The van der Waals surface area contributed by atoms with Crippen LogP contribution in [0.25, 0.3) is 27.9 Å². The summed E-state index contributed by atoms with van der Waals surface area (Å²) in [6.45, 7) is 7.23. The van der Waals surface area contributed by atoms with Gasteiger partial charge in [-0.3, -0.25) is 19.1 Å². The molecule has 4 amide bonds. The van der Waals surface area contributed by atoms with Crippen molar-refractivity contribution in [2.24, 2.45) is 5.92 Å². The van der Waals surface area contributed by atoms with E-state index in [0.717, 1.165) is 35.3 Å². The number of hydrogen-bond donors (Lipinski definition) is 3. The average Bonchev–Trinajstić information content (AvgIpc) is 4.08. The van der Waals surface area contributed by atoms with Gasteiger partial charge in [0.2, 0.25) is 27.7 Å². The second-order valence-corrected chi connectivity index (χ2v) is 19.6. The minimum Gasteiger partial charge on any atom is -0.501 e. The number of fused-ring (bicyclic) bond motifs is 7. The number of alkyl carbamates (subject to hydrolysis) is 1. The van der Waals surface area contributed by atoms with E-state index in [2.05, 4.69) is 22.3 Å². The number of pyridine rings is 1. The lowest BCUT2D eigenvalue weighted by Crippen LogP contribution is -2.58. The van der Waals surface area contributed by atoms with Gasteiger partial charge in [-0.2, -0.15) is 0 Å². The molecule has 1 unspecified atom stereocenters. The monoisotopic (exact) mass is 831 g/mol. The Hall–Kier alpha value is -5.12. The van der Waals surface area contributed by atoms with Crippen LogP contribution >= 0.6 is 0 Å². The van der Waals surface area contributed by atoms with Crippen molar-refractivity contribution in [3.63, 3.8) is 0 Å². The Bertz CT molecular complexity index is 2360. The standard InChI is InChI=1S/C43H53N5O10S/c1-24-19-26(55-5)20-31-34-36(57-35(24)31)29-14-11-12-15-30(29)38(45-34)56-27-21-33-37(49)46-43(40(51)47-59(53,54)28-17-18-28)22-25(43)13-9-7-6-8-10-16-32(39(50)48(33)23-27)44-41(52)58-42(2,3)4/h9,11-15,20,24-25,27-28,32-33H,6-8,10,16-19,21-23H2,1-5H3,(H,44,52)(H,46,49)(H,47,51)/b13-9-/t24?,25-,27-,32+,33+,43-/m1/s1. The largest absolute Gasteiger partial charge is 0.501 e. The van der Waals surface area contributed by atoms with E-state index in [1.54, 1.807) is 27.9 Å². The van der Waals surface area contributed by atoms with Crippen molar-refractivity contribution in [3.8, 4) is 5.88 Å². The Kier molecular flexibility index (Phi) is 10.7. The van der Waals surface area contributed by atoms with E-state index < -0.39 is 74.3 Å². The number of nitrogens with one attached hydrogen (secondary N) is 3. The van der Waals surface area contributed by atoms with Crippen LogP contribution in [-0.2, 0) is 33.9 Å². The van der Waals surface area contributed by atoms with E-state index >= 15 is 0 Å². The lowest BCUT2D eigenvalue weighted by atomic mass is 9.93. The molecule has 2 saturated carbocycles. The summed E-state index contributed by atoms with van der Waals surface area (Å²) in [5.41, 5.74) is -0.326. The first-order chi connectivity index (χ1) is 28.1. The number of rotatable bonds is 7. The highest BCUT2D eigenvalue weighted by atomic mass is 32.2. The highest BCUT2D eigenvalue weighted by Crippen LogP contribution is 2.47. The maximum absolute atomic E-state index is 14.7. The van der Waals surface area contributed by atoms with Gasteiger partial charge in [-0.25, -0.2) is 18.2 Å². The molecule has 6 atom stereocenters. The van der Waals surface area contributed by atoms with Crippen LogP contribution in [0.1, 0.15) is 109 Å². The molecule has 1 saturated heterocycles. The quantitative estimate of drug-likeness (QED) is 0.247. The number of methoxy groups -OCH3 is 1. The molecule has 2 aliphatic heterocycles. The van der Waals surface area contributed by atoms with Crippen molar-refractivity contribution in [2.45, 2.75) is 132 Å². The number of amides is 4. The third kappa shape index (κ3) is 8.24. The van der Waals surface area contributed by atoms with E-state index in [1.807, 2.05) is 42.5 Å². The number of hydrogen-bond acceptors (Lipinski definition) is 11. The zero-order valence-corrected chi connectivity index (χ0v) is 35.0. The molecule has 15 nitrogen and oxygen atoms in total. The molecular formula is C43H53N5O10S. The number of carbonyl (C=O) groups excluding carboxylic acids is 4. The molecule has 316 valence electrons. The van der Waals surface area contributed by atoms with Gasteiger partial charge in [-0.1, -0.05) is 50.1 Å². The van der Waals surface area contributed by atoms with Crippen molar-refractivity contribution in [3.05, 3.63) is 53.5 Å². The van der Waals surface area contributed by atoms with E-state index in [1.165, 1.54) is 4.90 Å². The van der Waals surface area contributed by atoms with Gasteiger partial charge >= 0.3 is 6.09 Å². The fourth-order valence-electron chi connectivity index (χ4n) is 8.58. The predicted octanol–water partition coefficient (Wildman–Crippen LogP) is 5.72. The second-order valence-electron chi connectivity index (χ2n) is 17.6. The van der Waals surface area contributed by atoms with Crippen molar-refractivity contribution in [2.75, 3.05) is 13.7 Å². The second kappa shape index (κ2) is 15.5. The van der Waals surface area contributed by atoms with E-state index in [4.69, 9.17) is 23.6 Å². The van der Waals surface area contributed by atoms with Crippen LogP contribution in [0.2, 0.25) is 0 Å². The van der Waals surface area contributed by atoms with Gasteiger partial charge in [0.05, 0.1) is 24.7 Å². The van der Waals surface area contributed by atoms with Crippen LogP contribution in [0, 0.1) is 5.92 Å². The minimum atomic E-state index is -3.91. The summed E-state index contributed by atoms with van der Waals surface area (Å²) in [5, 5.41) is 6.50. The molecule has 3 N–H and O–H groups in total. The molecule has 59 heavy (non-hydrogen) atoms. The Morgan fingerprint density at radius 3 is 2.56 bits per heavy atom. The van der Waals surface area contributed by atoms with Gasteiger partial charge in [0, 0.05) is 41.0 Å². The lowest BCUT2D eigenvalue weighted by Gasteiger charge is -2.30. The fourth-order valence-corrected chi connectivity index (χ4v) is 9.95. The maximum Gasteiger partial charge on any atom is 0.408 e. The number of furan rings is 1. The highest BCUT2D eigenvalue weighted by molar-refractivity contribution is 7.91. The Balaban J connectivity index is 1.14. The van der Waals surface area contributed by atoms with Crippen LogP contribution in [0.15, 0.2) is 46.6 Å². The number of allylic oxidation sites excluding steroid dienone is 2. The summed E-state index contributed by atoms with van der Waals surface area (Å²) < 4.78 is 52.4. The molecule has 16 heteroatoms. The Labute approximate surface area is 343 Å². The molecule has 8 rings (SSSR count). The first-order valence-corrected chi connectivity index (χ1v) is 22.2. The summed E-state index contributed by atoms with van der Waals surface area (Å²) in [6.07, 6.45) is 9.23. The molecule has 0 bridgehead atoms. The van der Waals surface area contributed by atoms with Gasteiger partial charge in [0.1, 0.15) is 40.6 Å². The smallest absolute Gasteiger partial charge is 0.408 e. The SMILES string of the molecule is COC1=Cc2c(oc3c2nc(O[C@@H]2C[C@H]4C(=O)N[C@]5(C(=O)NS(=O)(=O)C6CC6)C[C@H]5/C=C\CCCCC[C@H](NC(=O)OC(C)(C)C)C(=O)N4C2)c2ccccc23)C(C)C1. The van der Waals surface area contributed by atoms with Crippen LogP contribution in [-0.4, -0.2) is 90.3 Å². The summed E-state index contributed by atoms with van der Waals surface area (Å²) in [4.78, 5) is 62.6. The predicted molar refractivity (Wildman–Crippen MR) is 219 cm³/mol. The van der Waals surface area contributed by atoms with E-state index in [-0.39, 0.29) is 25.3 Å². The lowest BCUT2D eigenvalue weighted by molar-refractivity contribution is -0.141. The van der Waals surface area contributed by atoms with E-state index in [9.17, 15) is 27.6 Å². The molecule has 0 radical (unpaired) electrons. The molecule has 4 heterocycles. The van der Waals surface area contributed by atoms with Crippen LogP contribution < -0.4 is 20.1 Å². The molecule has 2 aromatic heterocycles. The first kappa shape index (κ1) is 40.7. The maximum atomic E-state index is 14.7. The van der Waals surface area contributed by atoms with Gasteiger partial charge in [-0.15, -0.1) is 0 Å². The Morgan fingerprint density at radius 1 is 1.07 bits per heavy atom. The molecular weight excluding hydrogens is 779 g/mol. The van der Waals surface area contributed by atoms with Crippen LogP contribution in [0.4, 0.5) is 4.79 Å². The summed E-state index contributed by atoms with van der Waals surface area (Å²) in [5.74, 6) is -0.429. The van der Waals surface area contributed by atoms with Crippen molar-refractivity contribution in [1.29, 1.82) is 0 Å². The summed E-state index contributed by atoms with van der Waals surface area (Å²) >= 11 is 0. The van der Waals surface area contributed by atoms with Gasteiger partial charge < -0.3 is 34.2 Å². The molecule has 5 aliphatic rings. The highest BCUT2D eigenvalue weighted by Gasteiger charge is 2.62. The van der Waals surface area contributed by atoms with E-state index in [0.29, 0.717) is 60.9 Å². The van der Waals surface area contributed by atoms with Crippen LogP contribution in [0.3, 0.4) is 0 Å². The molecule has 3 aliphatic carbocycles. The molecule has 3 fully saturated rings. The minimum absolute atomic E-state index is 0.0254. The number of nitrogens with zero attached hydrogens (tertiary/aromatic N) is 2. The average molecular weight is 832 g/mol. The first-order valence-electron chi connectivity index (χ1n) is 20.7. The van der Waals surface area contributed by atoms with Crippen molar-refractivity contribution in [1.82, 2.24) is 25.2 Å². The Morgan fingerprint density at radius 2 is 1.83 bits per heavy atom. The normalized spacial score (nSPS) is 28.2. The molecule has 1 aromatic carbocycles. The number of benzene rings is 1.